The van der Waals surface area contributed by atoms with E-state index in [2.05, 4.69) is 9.97 Å². The Morgan fingerprint density at radius 1 is 1.36 bits per heavy atom. The second kappa shape index (κ2) is 7.57. The first kappa shape index (κ1) is 17.9. The van der Waals surface area contributed by atoms with Crippen LogP contribution in [0.2, 0.25) is 4.47 Å². The summed E-state index contributed by atoms with van der Waals surface area (Å²) in [6.45, 7) is 0. The molecule has 0 radical (unpaired) electrons. The number of thioether (sulfide) groups is 1. The van der Waals surface area contributed by atoms with Gasteiger partial charge in [-0.2, -0.15) is 4.98 Å². The van der Waals surface area contributed by atoms with Crippen molar-refractivity contribution in [3.63, 3.8) is 0 Å². The molecule has 0 unspecified atom stereocenters. The molecular weight excluding hydrogens is 382 g/mol. The van der Waals surface area contributed by atoms with E-state index in [1.165, 1.54) is 33.9 Å². The lowest BCUT2D eigenvalue weighted by Gasteiger charge is -2.12. The first-order valence-electron chi connectivity index (χ1n) is 7.25. The van der Waals surface area contributed by atoms with E-state index in [1.54, 1.807) is 31.3 Å². The van der Waals surface area contributed by atoms with Crippen molar-refractivity contribution in [2.45, 2.75) is 11.3 Å². The Balaban J connectivity index is 1.85. The van der Waals surface area contributed by atoms with Crippen LogP contribution in [0.15, 0.2) is 46.5 Å². The average Bonchev–Trinajstić information content (AvgIpc) is 3.04. The summed E-state index contributed by atoms with van der Waals surface area (Å²) in [5.41, 5.74) is 0.405. The Morgan fingerprint density at radius 2 is 2.08 bits per heavy atom. The molecule has 0 saturated heterocycles. The first-order valence-corrected chi connectivity index (χ1v) is 9.43. The molecule has 1 atom stereocenters. The predicted octanol–water partition coefficient (Wildman–Crippen LogP) is 3.09. The molecule has 0 fully saturated rings. The number of benzene rings is 1. The van der Waals surface area contributed by atoms with E-state index in [1.807, 2.05) is 6.07 Å². The number of halogens is 1. The lowest BCUT2D eigenvalue weighted by atomic mass is 10.1. The SMILES string of the molecule is Cn1c(SC[C@@H](O)c2cnc(Cl)s2)nc(O)c(-c2ccccc2)c1=O. The van der Waals surface area contributed by atoms with Gasteiger partial charge in [-0.3, -0.25) is 9.36 Å². The minimum Gasteiger partial charge on any atom is -0.493 e. The molecule has 130 valence electrons. The van der Waals surface area contributed by atoms with Gasteiger partial charge in [-0.25, -0.2) is 4.98 Å². The summed E-state index contributed by atoms with van der Waals surface area (Å²) >= 11 is 8.13. The van der Waals surface area contributed by atoms with Gasteiger partial charge in [0.05, 0.1) is 11.0 Å². The molecule has 0 bridgehead atoms. The van der Waals surface area contributed by atoms with Crippen LogP contribution in [0, 0.1) is 0 Å². The highest BCUT2D eigenvalue weighted by molar-refractivity contribution is 7.99. The minimum absolute atomic E-state index is 0.155. The topological polar surface area (TPSA) is 88.2 Å². The van der Waals surface area contributed by atoms with Crippen molar-refractivity contribution >= 4 is 34.7 Å². The third-order valence-corrected chi connectivity index (χ3v) is 5.81. The van der Waals surface area contributed by atoms with Crippen LogP contribution in [-0.4, -0.2) is 30.5 Å². The molecule has 25 heavy (non-hydrogen) atoms. The fourth-order valence-corrected chi connectivity index (χ4v) is 4.17. The van der Waals surface area contributed by atoms with Crippen LogP contribution in [0.1, 0.15) is 11.0 Å². The predicted molar refractivity (Wildman–Crippen MR) is 99.4 cm³/mol. The van der Waals surface area contributed by atoms with Crippen molar-refractivity contribution in [2.75, 3.05) is 5.75 Å². The zero-order valence-corrected chi connectivity index (χ0v) is 15.5. The lowest BCUT2D eigenvalue weighted by Crippen LogP contribution is -2.22. The molecule has 0 amide bonds. The van der Waals surface area contributed by atoms with E-state index in [4.69, 9.17) is 11.6 Å². The molecule has 1 aromatic carbocycles. The van der Waals surface area contributed by atoms with E-state index in [9.17, 15) is 15.0 Å². The van der Waals surface area contributed by atoms with E-state index >= 15 is 0 Å². The summed E-state index contributed by atoms with van der Waals surface area (Å²) in [5, 5.41) is 20.7. The maximum Gasteiger partial charge on any atom is 0.265 e. The maximum atomic E-state index is 12.6. The quantitative estimate of drug-likeness (QED) is 0.509. The van der Waals surface area contributed by atoms with Crippen LogP contribution in [-0.2, 0) is 7.05 Å². The molecule has 9 heteroatoms. The number of aromatic nitrogens is 3. The summed E-state index contributed by atoms with van der Waals surface area (Å²) in [6, 6.07) is 8.88. The Hall–Kier alpha value is -1.87. The number of aliphatic hydroxyl groups is 1. The average molecular weight is 396 g/mol. The number of thiazole rings is 1. The molecule has 0 saturated carbocycles. The van der Waals surface area contributed by atoms with Gasteiger partial charge in [-0.15, -0.1) is 11.3 Å². The minimum atomic E-state index is -0.789. The van der Waals surface area contributed by atoms with Crippen LogP contribution >= 0.6 is 34.7 Å². The van der Waals surface area contributed by atoms with E-state index < -0.39 is 6.10 Å². The third kappa shape index (κ3) is 3.87. The summed E-state index contributed by atoms with van der Waals surface area (Å²) in [5.74, 6) is -0.0738. The normalized spacial score (nSPS) is 12.3. The molecule has 0 aliphatic heterocycles. The van der Waals surface area contributed by atoms with Crippen LogP contribution in [0.3, 0.4) is 0 Å². The van der Waals surface area contributed by atoms with Crippen LogP contribution in [0.5, 0.6) is 5.88 Å². The van der Waals surface area contributed by atoms with Crippen LogP contribution in [0.25, 0.3) is 11.1 Å². The smallest absolute Gasteiger partial charge is 0.265 e. The highest BCUT2D eigenvalue weighted by atomic mass is 35.5. The fourth-order valence-electron chi connectivity index (χ4n) is 2.21. The molecule has 2 N–H and O–H groups in total. The van der Waals surface area contributed by atoms with Gasteiger partial charge in [0.2, 0.25) is 5.88 Å². The van der Waals surface area contributed by atoms with Crippen LogP contribution < -0.4 is 5.56 Å². The largest absolute Gasteiger partial charge is 0.493 e. The Morgan fingerprint density at radius 3 is 2.72 bits per heavy atom. The van der Waals surface area contributed by atoms with Gasteiger partial charge in [0.1, 0.15) is 5.56 Å². The Labute approximate surface area is 156 Å². The molecule has 3 rings (SSSR count). The van der Waals surface area contributed by atoms with Gasteiger partial charge in [0, 0.05) is 19.0 Å². The molecule has 6 nitrogen and oxygen atoms in total. The van der Waals surface area contributed by atoms with E-state index in [0.29, 0.717) is 20.1 Å². The molecule has 2 heterocycles. The standard InChI is InChI=1S/C16H14ClN3O3S2/c1-20-14(23)12(9-5-3-2-4-6-9)13(22)19-16(20)24-8-10(21)11-7-18-15(17)25-11/h2-7,10,21-22H,8H2,1H3/t10-/m1/s1. The third-order valence-electron chi connectivity index (χ3n) is 3.49. The van der Waals surface area contributed by atoms with Crippen molar-refractivity contribution < 1.29 is 10.2 Å². The highest BCUT2D eigenvalue weighted by Gasteiger charge is 2.18. The van der Waals surface area contributed by atoms with Gasteiger partial charge in [-0.05, 0) is 5.56 Å². The Kier molecular flexibility index (Phi) is 5.43. The summed E-state index contributed by atoms with van der Waals surface area (Å²) in [4.78, 5) is 21.2. The molecule has 0 aliphatic rings. The van der Waals surface area contributed by atoms with Gasteiger partial charge in [0.25, 0.3) is 5.56 Å². The number of rotatable bonds is 5. The summed E-state index contributed by atoms with van der Waals surface area (Å²) in [6.07, 6.45) is 0.726. The van der Waals surface area contributed by atoms with Crippen molar-refractivity contribution in [3.8, 4) is 17.0 Å². The van der Waals surface area contributed by atoms with Crippen molar-refractivity contribution in [3.05, 3.63) is 56.2 Å². The van der Waals surface area contributed by atoms with Gasteiger partial charge >= 0.3 is 0 Å². The van der Waals surface area contributed by atoms with Gasteiger partial charge in [0.15, 0.2) is 9.62 Å². The summed E-state index contributed by atoms with van der Waals surface area (Å²) < 4.78 is 1.72. The lowest BCUT2D eigenvalue weighted by molar-refractivity contribution is 0.207. The van der Waals surface area contributed by atoms with Crippen molar-refractivity contribution in [1.82, 2.24) is 14.5 Å². The monoisotopic (exact) mass is 395 g/mol. The second-order valence-electron chi connectivity index (χ2n) is 5.17. The number of nitrogens with zero attached hydrogens (tertiary/aromatic N) is 3. The Bertz CT molecular complexity index is 944. The van der Waals surface area contributed by atoms with E-state index in [-0.39, 0.29) is 22.8 Å². The molecular formula is C16H14ClN3O3S2. The number of hydrogen-bond donors (Lipinski definition) is 2. The second-order valence-corrected chi connectivity index (χ2v) is 7.80. The van der Waals surface area contributed by atoms with Crippen LogP contribution in [0.4, 0.5) is 0 Å². The zero-order chi connectivity index (χ0) is 18.0. The number of aromatic hydroxyl groups is 1. The maximum absolute atomic E-state index is 12.6. The number of aliphatic hydroxyl groups excluding tert-OH is 1. The zero-order valence-electron chi connectivity index (χ0n) is 13.1. The molecule has 0 aliphatic carbocycles. The van der Waals surface area contributed by atoms with Crippen molar-refractivity contribution in [2.24, 2.45) is 7.05 Å². The fraction of sp³-hybridized carbons (Fsp3) is 0.188. The first-order chi connectivity index (χ1) is 12.0. The highest BCUT2D eigenvalue weighted by Crippen LogP contribution is 2.30. The van der Waals surface area contributed by atoms with E-state index in [0.717, 1.165) is 0 Å². The van der Waals surface area contributed by atoms with Gasteiger partial charge in [-0.1, -0.05) is 53.7 Å². The molecule has 2 aromatic heterocycles. The van der Waals surface area contributed by atoms with Gasteiger partial charge < -0.3 is 10.2 Å². The number of hydrogen-bond acceptors (Lipinski definition) is 7. The molecule has 3 aromatic rings. The molecule has 0 spiro atoms. The van der Waals surface area contributed by atoms with Crippen molar-refractivity contribution in [1.29, 1.82) is 0 Å². The summed E-state index contributed by atoms with van der Waals surface area (Å²) in [7, 11) is 1.58.